The lowest BCUT2D eigenvalue weighted by molar-refractivity contribution is 0.305. The molecule has 0 bridgehead atoms. The predicted molar refractivity (Wildman–Crippen MR) is 65.8 cm³/mol. The van der Waals surface area contributed by atoms with Crippen LogP contribution in [0.3, 0.4) is 0 Å². The summed E-state index contributed by atoms with van der Waals surface area (Å²) in [5.74, 6) is 0.886. The molecule has 0 unspecified atom stereocenters. The third-order valence-corrected chi connectivity index (χ3v) is 2.33. The molecule has 4 heteroatoms. The number of aryl methyl sites for hydroxylation is 1. The number of ether oxygens (including phenoxy) is 1. The first kappa shape index (κ1) is 13.0. The molecule has 1 rings (SSSR count). The van der Waals surface area contributed by atoms with Gasteiger partial charge in [0.15, 0.2) is 5.75 Å². The maximum absolute atomic E-state index is 5.60. The third kappa shape index (κ3) is 5.16. The summed E-state index contributed by atoms with van der Waals surface area (Å²) in [5, 5.41) is 7.51. The van der Waals surface area contributed by atoms with Crippen LogP contribution in [-0.4, -0.2) is 29.5 Å². The van der Waals surface area contributed by atoms with Gasteiger partial charge in [0.25, 0.3) is 0 Å². The Balaban J connectivity index is 2.07. The molecular weight excluding hydrogens is 202 g/mol. The van der Waals surface area contributed by atoms with Crippen molar-refractivity contribution in [1.29, 1.82) is 0 Å². The molecule has 92 valence electrons. The Kier molecular flexibility index (Phi) is 6.65. The van der Waals surface area contributed by atoms with Crippen LogP contribution in [0.4, 0.5) is 0 Å². The molecule has 0 aliphatic heterocycles. The first-order chi connectivity index (χ1) is 7.86. The lowest BCUT2D eigenvalue weighted by atomic mass is 10.3. The quantitative estimate of drug-likeness (QED) is 0.654. The van der Waals surface area contributed by atoms with Crippen LogP contribution in [0.1, 0.15) is 33.1 Å². The van der Waals surface area contributed by atoms with Gasteiger partial charge in [-0.15, -0.1) is 0 Å². The predicted octanol–water partition coefficient (Wildman–Crippen LogP) is 2.06. The van der Waals surface area contributed by atoms with Crippen molar-refractivity contribution in [2.75, 3.05) is 19.7 Å². The molecule has 0 fully saturated rings. The molecule has 0 spiro atoms. The second-order valence-corrected chi connectivity index (χ2v) is 3.85. The van der Waals surface area contributed by atoms with E-state index in [1.807, 2.05) is 10.9 Å². The molecule has 1 aromatic heterocycles. The average Bonchev–Trinajstić information content (AvgIpc) is 2.72. The Morgan fingerprint density at radius 1 is 1.38 bits per heavy atom. The second-order valence-electron chi connectivity index (χ2n) is 3.85. The molecule has 0 aromatic carbocycles. The van der Waals surface area contributed by atoms with Crippen molar-refractivity contribution >= 4 is 0 Å². The lowest BCUT2D eigenvalue weighted by Crippen LogP contribution is -2.14. The fourth-order valence-corrected chi connectivity index (χ4v) is 1.49. The zero-order valence-corrected chi connectivity index (χ0v) is 10.4. The van der Waals surface area contributed by atoms with Gasteiger partial charge in [-0.1, -0.05) is 13.8 Å². The van der Waals surface area contributed by atoms with Crippen molar-refractivity contribution in [2.24, 2.45) is 0 Å². The van der Waals surface area contributed by atoms with Crippen molar-refractivity contribution in [3.63, 3.8) is 0 Å². The Morgan fingerprint density at radius 2 is 2.25 bits per heavy atom. The van der Waals surface area contributed by atoms with Gasteiger partial charge in [-0.25, -0.2) is 0 Å². The van der Waals surface area contributed by atoms with E-state index >= 15 is 0 Å². The smallest absolute Gasteiger partial charge is 0.157 e. The molecule has 0 atom stereocenters. The van der Waals surface area contributed by atoms with Gasteiger partial charge >= 0.3 is 0 Å². The average molecular weight is 225 g/mol. The minimum Gasteiger partial charge on any atom is -0.490 e. The molecule has 0 radical (unpaired) electrons. The molecule has 1 heterocycles. The molecule has 4 nitrogen and oxygen atoms in total. The van der Waals surface area contributed by atoms with Crippen LogP contribution in [0.15, 0.2) is 12.4 Å². The summed E-state index contributed by atoms with van der Waals surface area (Å²) in [7, 11) is 0. The Bertz CT molecular complexity index is 273. The highest BCUT2D eigenvalue weighted by molar-refractivity contribution is 5.11. The summed E-state index contributed by atoms with van der Waals surface area (Å²) in [6, 6.07) is 0. The molecule has 1 aromatic rings. The van der Waals surface area contributed by atoms with E-state index in [1.165, 1.54) is 0 Å². The number of nitrogens with zero attached hydrogens (tertiary/aromatic N) is 2. The van der Waals surface area contributed by atoms with Crippen LogP contribution in [0.2, 0.25) is 0 Å². The van der Waals surface area contributed by atoms with Crippen molar-refractivity contribution in [1.82, 2.24) is 15.1 Å². The molecule has 0 saturated heterocycles. The summed E-state index contributed by atoms with van der Waals surface area (Å²) >= 11 is 0. The summed E-state index contributed by atoms with van der Waals surface area (Å²) in [6.07, 6.45) is 7.11. The van der Waals surface area contributed by atoms with Crippen molar-refractivity contribution in [3.8, 4) is 5.75 Å². The maximum Gasteiger partial charge on any atom is 0.157 e. The molecule has 0 aliphatic rings. The minimum absolute atomic E-state index is 0.781. The molecule has 0 aliphatic carbocycles. The van der Waals surface area contributed by atoms with Gasteiger partial charge in [-0.3, -0.25) is 4.68 Å². The van der Waals surface area contributed by atoms with Crippen molar-refractivity contribution < 1.29 is 4.74 Å². The fourth-order valence-electron chi connectivity index (χ4n) is 1.49. The van der Waals surface area contributed by atoms with Crippen LogP contribution < -0.4 is 10.1 Å². The Hall–Kier alpha value is -1.03. The van der Waals surface area contributed by atoms with Gasteiger partial charge in [0, 0.05) is 6.54 Å². The van der Waals surface area contributed by atoms with Crippen LogP contribution in [0.25, 0.3) is 0 Å². The van der Waals surface area contributed by atoms with Crippen LogP contribution in [0.5, 0.6) is 5.75 Å². The molecule has 0 amide bonds. The monoisotopic (exact) mass is 225 g/mol. The van der Waals surface area contributed by atoms with E-state index in [4.69, 9.17) is 4.74 Å². The summed E-state index contributed by atoms with van der Waals surface area (Å²) in [4.78, 5) is 0. The summed E-state index contributed by atoms with van der Waals surface area (Å²) < 4.78 is 7.53. The van der Waals surface area contributed by atoms with Crippen molar-refractivity contribution in [3.05, 3.63) is 12.4 Å². The van der Waals surface area contributed by atoms with E-state index in [-0.39, 0.29) is 0 Å². The van der Waals surface area contributed by atoms with Crippen LogP contribution in [-0.2, 0) is 6.54 Å². The number of hydrogen-bond acceptors (Lipinski definition) is 3. The largest absolute Gasteiger partial charge is 0.490 e. The molecule has 16 heavy (non-hydrogen) atoms. The SMILES string of the molecule is CCCn1cc(OCCCCNCC)cn1. The Morgan fingerprint density at radius 3 is 3.00 bits per heavy atom. The molecule has 0 saturated carbocycles. The zero-order valence-electron chi connectivity index (χ0n) is 10.4. The first-order valence-corrected chi connectivity index (χ1v) is 6.22. The van der Waals surface area contributed by atoms with E-state index < -0.39 is 0 Å². The summed E-state index contributed by atoms with van der Waals surface area (Å²) in [5.41, 5.74) is 0. The fraction of sp³-hybridized carbons (Fsp3) is 0.750. The summed E-state index contributed by atoms with van der Waals surface area (Å²) in [6.45, 7) is 8.13. The topological polar surface area (TPSA) is 39.1 Å². The van der Waals surface area contributed by atoms with Gasteiger partial charge in [0.1, 0.15) is 0 Å². The lowest BCUT2D eigenvalue weighted by Gasteiger charge is -2.03. The number of nitrogens with one attached hydrogen (secondary N) is 1. The van der Waals surface area contributed by atoms with E-state index in [0.717, 1.165) is 51.3 Å². The van der Waals surface area contributed by atoms with Crippen LogP contribution >= 0.6 is 0 Å². The van der Waals surface area contributed by atoms with E-state index in [0.29, 0.717) is 0 Å². The minimum atomic E-state index is 0.781. The molecule has 1 N–H and O–H groups in total. The Labute approximate surface area is 98.0 Å². The van der Waals surface area contributed by atoms with Gasteiger partial charge < -0.3 is 10.1 Å². The van der Waals surface area contributed by atoms with Gasteiger partial charge in [-0.05, 0) is 32.4 Å². The number of hydrogen-bond donors (Lipinski definition) is 1. The van der Waals surface area contributed by atoms with E-state index in [2.05, 4.69) is 24.3 Å². The molecular formula is C12H23N3O. The highest BCUT2D eigenvalue weighted by Gasteiger charge is 1.98. The highest BCUT2D eigenvalue weighted by atomic mass is 16.5. The number of rotatable bonds is 9. The number of unbranched alkanes of at least 4 members (excludes halogenated alkanes) is 1. The zero-order chi connectivity index (χ0) is 11.6. The van der Waals surface area contributed by atoms with Crippen molar-refractivity contribution in [2.45, 2.75) is 39.7 Å². The highest BCUT2D eigenvalue weighted by Crippen LogP contribution is 2.09. The maximum atomic E-state index is 5.60. The standard InChI is InChI=1S/C12H23N3O/c1-3-8-15-11-12(10-14-15)16-9-6-5-7-13-4-2/h10-11,13H,3-9H2,1-2H3. The van der Waals surface area contributed by atoms with E-state index in [1.54, 1.807) is 6.20 Å². The normalized spacial score (nSPS) is 10.6. The van der Waals surface area contributed by atoms with E-state index in [9.17, 15) is 0 Å². The van der Waals surface area contributed by atoms with Crippen LogP contribution in [0, 0.1) is 0 Å². The third-order valence-electron chi connectivity index (χ3n) is 2.33. The van der Waals surface area contributed by atoms with Gasteiger partial charge in [0.05, 0.1) is 19.0 Å². The number of aromatic nitrogens is 2. The van der Waals surface area contributed by atoms with Gasteiger partial charge in [0.2, 0.25) is 0 Å². The first-order valence-electron chi connectivity index (χ1n) is 6.22. The van der Waals surface area contributed by atoms with Gasteiger partial charge in [-0.2, -0.15) is 5.10 Å². The second kappa shape index (κ2) is 8.16.